The van der Waals surface area contributed by atoms with Gasteiger partial charge in [0.1, 0.15) is 23.0 Å². The monoisotopic (exact) mass is 605 g/mol. The van der Waals surface area contributed by atoms with E-state index in [1.165, 1.54) is 0 Å². The maximum Gasteiger partial charge on any atom is 0.225 e. The average molecular weight is 606 g/mol. The van der Waals surface area contributed by atoms with Crippen molar-refractivity contribution in [2.75, 3.05) is 64.6 Å². The number of anilines is 2. The van der Waals surface area contributed by atoms with E-state index >= 15 is 0 Å². The number of likely N-dealkylation sites (N-methyl/N-ethyl adjacent to an activating group) is 1. The molecule has 1 aliphatic rings. The number of benzene rings is 1. The molecule has 14 nitrogen and oxygen atoms in total. The molecule has 1 aromatic carbocycles. The number of rotatable bonds is 12. The Bertz CT molecular complexity index is 1530. The predicted octanol–water partition coefficient (Wildman–Crippen LogP) is 2.24. The molecule has 1 aliphatic heterocycles. The minimum absolute atomic E-state index is 0.339. The number of ether oxygens (including phenoxy) is 2. The molecule has 0 spiro atoms. The number of methoxy groups -OCH3 is 2. The molecule has 1 atom stereocenters. The number of aliphatic hydroxyl groups is 1. The van der Waals surface area contributed by atoms with Crippen molar-refractivity contribution in [1.29, 1.82) is 0 Å². The molecule has 1 saturated heterocycles. The molecule has 14 heteroatoms. The van der Waals surface area contributed by atoms with Crippen LogP contribution in [-0.4, -0.2) is 111 Å². The van der Waals surface area contributed by atoms with Crippen molar-refractivity contribution < 1.29 is 14.6 Å². The number of hydrogen-bond donors (Lipinski definition) is 4. The molecule has 1 unspecified atom stereocenters. The van der Waals surface area contributed by atoms with Crippen molar-refractivity contribution in [1.82, 2.24) is 45.1 Å². The summed E-state index contributed by atoms with van der Waals surface area (Å²) in [7, 11) is 5.36. The lowest BCUT2D eigenvalue weighted by atomic mass is 10.0. The Balaban J connectivity index is 1.34. The second kappa shape index (κ2) is 13.7. The third-order valence-electron chi connectivity index (χ3n) is 7.33. The largest absolute Gasteiger partial charge is 0.497 e. The number of aliphatic hydroxyl groups excluding tert-OH is 1. The molecule has 5 rings (SSSR count). The second-order valence-corrected chi connectivity index (χ2v) is 12.0. The standard InChI is InChI=1S/C30H43N11O3/c1-30(2,3)36-29(42)35-27-25(20-13-23(43-5)16-24(14-20)44-6)15-21-17-31-28(34-26(21)33-27)32-18-22-19-41(38-37-22)12-11-40-9-7-39(4)8-10-40/h13-17,19,29,36,42H,7-12,18H2,1-6H3,(H2,31,32,33,34,35). The van der Waals surface area contributed by atoms with E-state index in [1.54, 1.807) is 26.5 Å². The van der Waals surface area contributed by atoms with Crippen LogP contribution in [0.3, 0.4) is 0 Å². The quantitative estimate of drug-likeness (QED) is 0.175. The van der Waals surface area contributed by atoms with E-state index in [2.05, 4.69) is 53.1 Å². The maximum absolute atomic E-state index is 10.8. The number of piperazine rings is 1. The zero-order chi connectivity index (χ0) is 31.3. The van der Waals surface area contributed by atoms with Crippen molar-refractivity contribution in [2.24, 2.45) is 0 Å². The first kappa shape index (κ1) is 31.3. The molecule has 44 heavy (non-hydrogen) atoms. The molecule has 4 N–H and O–H groups in total. The summed E-state index contributed by atoms with van der Waals surface area (Å²) in [6.07, 6.45) is 2.60. The minimum Gasteiger partial charge on any atom is -0.497 e. The summed E-state index contributed by atoms with van der Waals surface area (Å²) < 4.78 is 12.9. The zero-order valence-corrected chi connectivity index (χ0v) is 26.3. The van der Waals surface area contributed by atoms with Gasteiger partial charge in [0.25, 0.3) is 0 Å². The van der Waals surface area contributed by atoms with E-state index in [1.807, 2.05) is 49.8 Å². The fourth-order valence-electron chi connectivity index (χ4n) is 4.93. The second-order valence-electron chi connectivity index (χ2n) is 12.0. The van der Waals surface area contributed by atoms with Gasteiger partial charge in [-0.2, -0.15) is 4.98 Å². The Kier molecular flexibility index (Phi) is 9.74. The van der Waals surface area contributed by atoms with E-state index < -0.39 is 6.35 Å². The fourth-order valence-corrected chi connectivity index (χ4v) is 4.93. The molecule has 4 heterocycles. The summed E-state index contributed by atoms with van der Waals surface area (Å²) in [6.45, 7) is 12.4. The number of pyridine rings is 1. The van der Waals surface area contributed by atoms with Gasteiger partial charge in [0.05, 0.1) is 33.5 Å². The predicted molar refractivity (Wildman–Crippen MR) is 170 cm³/mol. The fraction of sp³-hybridized carbons (Fsp3) is 0.500. The van der Waals surface area contributed by atoms with Crippen molar-refractivity contribution in [3.05, 3.63) is 42.4 Å². The topological polar surface area (TPSA) is 151 Å². The number of aromatic nitrogens is 6. The van der Waals surface area contributed by atoms with Crippen molar-refractivity contribution in [2.45, 2.75) is 45.8 Å². The van der Waals surface area contributed by atoms with Gasteiger partial charge < -0.3 is 30.1 Å². The van der Waals surface area contributed by atoms with Crippen LogP contribution in [0.2, 0.25) is 0 Å². The minimum atomic E-state index is -1.07. The molecule has 0 amide bonds. The van der Waals surface area contributed by atoms with Crippen molar-refractivity contribution in [3.8, 4) is 22.6 Å². The highest BCUT2D eigenvalue weighted by molar-refractivity contribution is 5.88. The summed E-state index contributed by atoms with van der Waals surface area (Å²) >= 11 is 0. The lowest BCUT2D eigenvalue weighted by Gasteiger charge is -2.32. The Hall–Kier alpha value is -4.11. The Morgan fingerprint density at radius 3 is 2.39 bits per heavy atom. The van der Waals surface area contributed by atoms with E-state index in [9.17, 15) is 5.11 Å². The van der Waals surface area contributed by atoms with Crippen LogP contribution in [-0.2, 0) is 13.1 Å². The summed E-state index contributed by atoms with van der Waals surface area (Å²) in [5.41, 5.74) is 2.43. The van der Waals surface area contributed by atoms with Crippen LogP contribution in [0.15, 0.2) is 36.7 Å². The van der Waals surface area contributed by atoms with Crippen LogP contribution in [0.1, 0.15) is 26.5 Å². The number of nitrogens with zero attached hydrogens (tertiary/aromatic N) is 8. The summed E-state index contributed by atoms with van der Waals surface area (Å²) in [5.74, 6) is 2.11. The van der Waals surface area contributed by atoms with Gasteiger partial charge in [0.2, 0.25) is 5.95 Å². The van der Waals surface area contributed by atoms with Crippen LogP contribution in [0, 0.1) is 0 Å². The smallest absolute Gasteiger partial charge is 0.225 e. The van der Waals surface area contributed by atoms with Crippen molar-refractivity contribution >= 4 is 22.8 Å². The van der Waals surface area contributed by atoms with Gasteiger partial charge >= 0.3 is 0 Å². The van der Waals surface area contributed by atoms with Crippen LogP contribution in [0.4, 0.5) is 11.8 Å². The third-order valence-corrected chi connectivity index (χ3v) is 7.33. The first-order valence-electron chi connectivity index (χ1n) is 14.8. The third kappa shape index (κ3) is 8.29. The average Bonchev–Trinajstić information content (AvgIpc) is 3.46. The van der Waals surface area contributed by atoms with Crippen LogP contribution in [0.25, 0.3) is 22.2 Å². The van der Waals surface area contributed by atoms with Gasteiger partial charge in [-0.1, -0.05) is 5.21 Å². The van der Waals surface area contributed by atoms with E-state index in [4.69, 9.17) is 14.5 Å². The summed E-state index contributed by atoms with van der Waals surface area (Å²) in [6, 6.07) is 7.50. The molecule has 1 fully saturated rings. The molecule has 0 aliphatic carbocycles. The maximum atomic E-state index is 10.8. The van der Waals surface area contributed by atoms with Gasteiger partial charge in [-0.15, -0.1) is 5.10 Å². The van der Waals surface area contributed by atoms with E-state index in [0.717, 1.165) is 61.5 Å². The Labute approximate surface area is 257 Å². The number of nitrogens with one attached hydrogen (secondary N) is 3. The zero-order valence-electron chi connectivity index (χ0n) is 26.3. The van der Waals surface area contributed by atoms with Gasteiger partial charge in [0, 0.05) is 61.5 Å². The molecule has 3 aromatic heterocycles. The van der Waals surface area contributed by atoms with E-state index in [-0.39, 0.29) is 5.54 Å². The molecule has 0 radical (unpaired) electrons. The van der Waals surface area contributed by atoms with Gasteiger partial charge in [-0.05, 0) is 51.6 Å². The van der Waals surface area contributed by atoms with Gasteiger partial charge in [0.15, 0.2) is 12.0 Å². The van der Waals surface area contributed by atoms with Crippen molar-refractivity contribution in [3.63, 3.8) is 0 Å². The molecular weight excluding hydrogens is 562 g/mol. The molecule has 236 valence electrons. The highest BCUT2D eigenvalue weighted by atomic mass is 16.5. The SMILES string of the molecule is COc1cc(OC)cc(-c2cc3cnc(NCc4cn(CCN5CCN(C)CC5)nn4)nc3nc2NC(O)NC(C)(C)C)c1. The molecule has 0 saturated carbocycles. The summed E-state index contributed by atoms with van der Waals surface area (Å²) in [4.78, 5) is 18.8. The highest BCUT2D eigenvalue weighted by Gasteiger charge is 2.19. The highest BCUT2D eigenvalue weighted by Crippen LogP contribution is 2.35. The van der Waals surface area contributed by atoms with Gasteiger partial charge in [-0.25, -0.2) is 9.97 Å². The normalized spacial score (nSPS) is 15.3. The first-order chi connectivity index (χ1) is 21.1. The summed E-state index contributed by atoms with van der Waals surface area (Å²) in [5, 5.41) is 29.6. The van der Waals surface area contributed by atoms with Crippen LogP contribution < -0.4 is 25.4 Å². The number of hydrogen-bond acceptors (Lipinski definition) is 13. The molecule has 0 bridgehead atoms. The van der Waals surface area contributed by atoms with E-state index in [0.29, 0.717) is 35.5 Å². The molecule has 4 aromatic rings. The van der Waals surface area contributed by atoms with Gasteiger partial charge in [-0.3, -0.25) is 14.9 Å². The Morgan fingerprint density at radius 2 is 1.70 bits per heavy atom. The lowest BCUT2D eigenvalue weighted by Crippen LogP contribution is -2.47. The number of fused-ring (bicyclic) bond motifs is 1. The van der Waals surface area contributed by atoms with Crippen LogP contribution >= 0.6 is 0 Å². The first-order valence-corrected chi connectivity index (χ1v) is 14.8. The molecular formula is C30H43N11O3. The van der Waals surface area contributed by atoms with Crippen LogP contribution in [0.5, 0.6) is 11.5 Å². The lowest BCUT2D eigenvalue weighted by molar-refractivity contribution is 0.131. The Morgan fingerprint density at radius 1 is 0.977 bits per heavy atom.